The first-order chi connectivity index (χ1) is 9.42. The number of piperidine rings is 1. The Morgan fingerprint density at radius 3 is 2.74 bits per heavy atom. The van der Waals surface area contributed by atoms with Crippen LogP contribution in [-0.4, -0.2) is 34.8 Å². The third-order valence-corrected chi connectivity index (χ3v) is 3.59. The fraction of sp³-hybridized carbons (Fsp3) is 0.429. The summed E-state index contributed by atoms with van der Waals surface area (Å²) in [5, 5.41) is 15.2. The molecular formula is C14H19N5. The van der Waals surface area contributed by atoms with Crippen LogP contribution in [-0.2, 0) is 0 Å². The minimum Gasteiger partial charge on any atom is -0.368 e. The highest BCUT2D eigenvalue weighted by atomic mass is 15.2. The van der Waals surface area contributed by atoms with Crippen molar-refractivity contribution in [1.29, 1.82) is 0 Å². The van der Waals surface area contributed by atoms with E-state index in [4.69, 9.17) is 0 Å². The second-order valence-electron chi connectivity index (χ2n) is 4.98. The topological polar surface area (TPSA) is 65.6 Å². The summed E-state index contributed by atoms with van der Waals surface area (Å²) in [6, 6.07) is 5.99. The standard InChI is InChI=1S/C14H19N5/c1-2-14(17-9-11-3-6-15-7-4-11)19-18-13(1)12-5-8-16-10-12/h1-2,5,8,10-11,15-16H,3-4,6-7,9H2,(H,17,19). The van der Waals surface area contributed by atoms with Gasteiger partial charge in [-0.1, -0.05) is 0 Å². The van der Waals surface area contributed by atoms with Crippen molar-refractivity contribution in [2.75, 3.05) is 25.0 Å². The Morgan fingerprint density at radius 2 is 2.05 bits per heavy atom. The minimum absolute atomic E-state index is 0.743. The molecule has 5 nitrogen and oxygen atoms in total. The number of anilines is 1. The van der Waals surface area contributed by atoms with Crippen molar-refractivity contribution in [1.82, 2.24) is 20.5 Å². The van der Waals surface area contributed by atoms with Crippen LogP contribution >= 0.6 is 0 Å². The van der Waals surface area contributed by atoms with E-state index in [1.165, 1.54) is 12.8 Å². The lowest BCUT2D eigenvalue weighted by Crippen LogP contribution is -2.31. The first-order valence-electron chi connectivity index (χ1n) is 6.83. The van der Waals surface area contributed by atoms with Gasteiger partial charge < -0.3 is 15.6 Å². The summed E-state index contributed by atoms with van der Waals surface area (Å²) >= 11 is 0. The maximum Gasteiger partial charge on any atom is 0.148 e. The molecule has 2 aromatic rings. The Labute approximate surface area is 112 Å². The molecule has 1 saturated heterocycles. The van der Waals surface area contributed by atoms with Crippen molar-refractivity contribution >= 4 is 5.82 Å². The molecule has 19 heavy (non-hydrogen) atoms. The Morgan fingerprint density at radius 1 is 1.16 bits per heavy atom. The van der Waals surface area contributed by atoms with Crippen LogP contribution in [0.4, 0.5) is 5.82 Å². The van der Waals surface area contributed by atoms with Gasteiger partial charge in [-0.3, -0.25) is 0 Å². The molecule has 0 saturated carbocycles. The Balaban J connectivity index is 1.57. The lowest BCUT2D eigenvalue weighted by molar-refractivity contribution is 0.389. The van der Waals surface area contributed by atoms with Crippen LogP contribution in [0.5, 0.6) is 0 Å². The average molecular weight is 257 g/mol. The quantitative estimate of drug-likeness (QED) is 0.782. The minimum atomic E-state index is 0.743. The van der Waals surface area contributed by atoms with E-state index in [0.29, 0.717) is 0 Å². The summed E-state index contributed by atoms with van der Waals surface area (Å²) in [4.78, 5) is 3.02. The molecule has 0 spiro atoms. The predicted octanol–water partition coefficient (Wildman–Crippen LogP) is 1.88. The second kappa shape index (κ2) is 5.84. The molecule has 0 aliphatic carbocycles. The SMILES string of the molecule is c1cc(-c2ccc(NCC3CCNCC3)nn2)c[nH]1. The molecule has 0 unspecified atom stereocenters. The predicted molar refractivity (Wildman–Crippen MR) is 75.9 cm³/mol. The maximum atomic E-state index is 4.24. The molecule has 0 amide bonds. The van der Waals surface area contributed by atoms with Crippen molar-refractivity contribution < 1.29 is 0 Å². The Bertz CT molecular complexity index is 485. The van der Waals surface area contributed by atoms with Crippen molar-refractivity contribution in [3.05, 3.63) is 30.6 Å². The van der Waals surface area contributed by atoms with Gasteiger partial charge in [0, 0.05) is 24.5 Å². The van der Waals surface area contributed by atoms with Crippen LogP contribution in [0.1, 0.15) is 12.8 Å². The number of aromatic nitrogens is 3. The van der Waals surface area contributed by atoms with Gasteiger partial charge in [0.25, 0.3) is 0 Å². The number of hydrogen-bond acceptors (Lipinski definition) is 4. The molecule has 2 aromatic heterocycles. The van der Waals surface area contributed by atoms with Gasteiger partial charge >= 0.3 is 0 Å². The highest BCUT2D eigenvalue weighted by Crippen LogP contribution is 2.17. The van der Waals surface area contributed by atoms with Crippen molar-refractivity contribution in [2.24, 2.45) is 5.92 Å². The van der Waals surface area contributed by atoms with Gasteiger partial charge in [-0.2, -0.15) is 0 Å². The van der Waals surface area contributed by atoms with E-state index in [-0.39, 0.29) is 0 Å². The van der Waals surface area contributed by atoms with E-state index >= 15 is 0 Å². The molecule has 0 radical (unpaired) electrons. The number of rotatable bonds is 4. The molecule has 3 rings (SSSR count). The molecule has 5 heteroatoms. The fourth-order valence-electron chi connectivity index (χ4n) is 2.40. The molecule has 3 heterocycles. The van der Waals surface area contributed by atoms with Crippen molar-refractivity contribution in [3.63, 3.8) is 0 Å². The Hall–Kier alpha value is -1.88. The largest absolute Gasteiger partial charge is 0.368 e. The zero-order chi connectivity index (χ0) is 12.9. The molecule has 1 aliphatic heterocycles. The van der Waals surface area contributed by atoms with Crippen molar-refractivity contribution in [2.45, 2.75) is 12.8 Å². The number of aromatic amines is 1. The summed E-state index contributed by atoms with van der Waals surface area (Å²) in [6.07, 6.45) is 6.29. The molecule has 0 atom stereocenters. The molecule has 0 aromatic carbocycles. The van der Waals surface area contributed by atoms with E-state index in [9.17, 15) is 0 Å². The van der Waals surface area contributed by atoms with Crippen LogP contribution in [0.25, 0.3) is 11.3 Å². The van der Waals surface area contributed by atoms with Gasteiger partial charge in [-0.05, 0) is 50.0 Å². The van der Waals surface area contributed by atoms with E-state index in [1.807, 2.05) is 30.6 Å². The summed E-state index contributed by atoms with van der Waals surface area (Å²) in [6.45, 7) is 3.24. The van der Waals surface area contributed by atoms with Crippen molar-refractivity contribution in [3.8, 4) is 11.3 Å². The first-order valence-corrected chi connectivity index (χ1v) is 6.83. The average Bonchev–Trinajstić information content (AvgIpc) is 3.01. The smallest absolute Gasteiger partial charge is 0.148 e. The number of nitrogens with zero attached hydrogens (tertiary/aromatic N) is 2. The molecule has 0 bridgehead atoms. The van der Waals surface area contributed by atoms with Gasteiger partial charge in [0.2, 0.25) is 0 Å². The number of nitrogens with one attached hydrogen (secondary N) is 3. The van der Waals surface area contributed by atoms with E-state index in [2.05, 4.69) is 25.8 Å². The lowest BCUT2D eigenvalue weighted by Gasteiger charge is -2.22. The third kappa shape index (κ3) is 3.12. The van der Waals surface area contributed by atoms with Crippen LogP contribution in [0.15, 0.2) is 30.6 Å². The number of H-pyrrole nitrogens is 1. The highest BCUT2D eigenvalue weighted by molar-refractivity contribution is 5.58. The third-order valence-electron chi connectivity index (χ3n) is 3.59. The van der Waals surface area contributed by atoms with Crippen LogP contribution in [0.3, 0.4) is 0 Å². The maximum absolute atomic E-state index is 4.24. The van der Waals surface area contributed by atoms with E-state index in [0.717, 1.165) is 42.6 Å². The van der Waals surface area contributed by atoms with Gasteiger partial charge in [-0.15, -0.1) is 10.2 Å². The van der Waals surface area contributed by atoms with Gasteiger partial charge in [-0.25, -0.2) is 0 Å². The van der Waals surface area contributed by atoms with Crippen LogP contribution < -0.4 is 10.6 Å². The summed E-state index contributed by atoms with van der Waals surface area (Å²) in [5.74, 6) is 1.60. The lowest BCUT2D eigenvalue weighted by atomic mass is 9.98. The van der Waals surface area contributed by atoms with Gasteiger partial charge in [0.15, 0.2) is 0 Å². The van der Waals surface area contributed by atoms with Gasteiger partial charge in [0.05, 0.1) is 5.69 Å². The summed E-state index contributed by atoms with van der Waals surface area (Å²) in [7, 11) is 0. The summed E-state index contributed by atoms with van der Waals surface area (Å²) < 4.78 is 0. The van der Waals surface area contributed by atoms with Gasteiger partial charge in [0.1, 0.15) is 5.82 Å². The molecular weight excluding hydrogens is 238 g/mol. The van der Waals surface area contributed by atoms with E-state index < -0.39 is 0 Å². The molecule has 100 valence electrons. The zero-order valence-corrected chi connectivity index (χ0v) is 10.9. The molecule has 1 fully saturated rings. The zero-order valence-electron chi connectivity index (χ0n) is 10.9. The monoisotopic (exact) mass is 257 g/mol. The fourth-order valence-corrected chi connectivity index (χ4v) is 2.40. The normalized spacial score (nSPS) is 16.4. The molecule has 3 N–H and O–H groups in total. The van der Waals surface area contributed by atoms with E-state index in [1.54, 1.807) is 0 Å². The van der Waals surface area contributed by atoms with Crippen LogP contribution in [0, 0.1) is 5.92 Å². The van der Waals surface area contributed by atoms with Crippen LogP contribution in [0.2, 0.25) is 0 Å². The summed E-state index contributed by atoms with van der Waals surface area (Å²) in [5.41, 5.74) is 1.96. The number of hydrogen-bond donors (Lipinski definition) is 3. The first kappa shape index (κ1) is 12.2. The Kier molecular flexibility index (Phi) is 3.74. The molecule has 1 aliphatic rings. The second-order valence-corrected chi connectivity index (χ2v) is 4.98. The highest BCUT2D eigenvalue weighted by Gasteiger charge is 2.12.